The number of hydrogen-bond acceptors (Lipinski definition) is 7. The average molecular weight is 461 g/mol. The third-order valence-electron chi connectivity index (χ3n) is 5.67. The smallest absolute Gasteiger partial charge is 0.300 e. The predicted octanol–water partition coefficient (Wildman–Crippen LogP) is 4.04. The minimum absolute atomic E-state index is 0.120. The quantitative estimate of drug-likeness (QED) is 0.324. The number of carbonyl (C=O) groups is 2. The maximum absolute atomic E-state index is 13.2. The van der Waals surface area contributed by atoms with E-state index in [0.29, 0.717) is 22.8 Å². The van der Waals surface area contributed by atoms with Gasteiger partial charge in [-0.3, -0.25) is 14.5 Å². The van der Waals surface area contributed by atoms with Crippen molar-refractivity contribution < 1.29 is 34.0 Å². The molecule has 1 aliphatic heterocycles. The van der Waals surface area contributed by atoms with Gasteiger partial charge in [-0.2, -0.15) is 0 Å². The summed E-state index contributed by atoms with van der Waals surface area (Å²) < 4.78 is 15.8. The van der Waals surface area contributed by atoms with E-state index in [0.717, 1.165) is 0 Å². The SMILES string of the molecule is COc1ccc(C2/C(=C(/O)c3ccc(OC)c(OC)c3)C(=O)C(=O)N2c2ccccc2O)cc1. The van der Waals surface area contributed by atoms with Gasteiger partial charge in [-0.1, -0.05) is 24.3 Å². The summed E-state index contributed by atoms with van der Waals surface area (Å²) in [5, 5.41) is 21.7. The van der Waals surface area contributed by atoms with Gasteiger partial charge >= 0.3 is 0 Å². The molecule has 1 saturated heterocycles. The molecule has 0 aliphatic carbocycles. The first-order valence-corrected chi connectivity index (χ1v) is 10.4. The highest BCUT2D eigenvalue weighted by Crippen LogP contribution is 2.45. The number of hydrogen-bond donors (Lipinski definition) is 2. The van der Waals surface area contributed by atoms with Crippen molar-refractivity contribution in [3.8, 4) is 23.0 Å². The van der Waals surface area contributed by atoms with Crippen LogP contribution < -0.4 is 19.1 Å². The second-order valence-electron chi connectivity index (χ2n) is 7.50. The largest absolute Gasteiger partial charge is 0.507 e. The summed E-state index contributed by atoms with van der Waals surface area (Å²) in [6.45, 7) is 0. The fourth-order valence-electron chi connectivity index (χ4n) is 3.99. The molecule has 0 saturated carbocycles. The molecule has 1 aliphatic rings. The number of anilines is 1. The molecule has 0 radical (unpaired) electrons. The molecule has 1 atom stereocenters. The Kier molecular flexibility index (Phi) is 6.14. The molecular weight excluding hydrogens is 438 g/mol. The Balaban J connectivity index is 1.95. The Morgan fingerprint density at radius 2 is 1.53 bits per heavy atom. The van der Waals surface area contributed by atoms with Gasteiger partial charge in [0, 0.05) is 5.56 Å². The minimum Gasteiger partial charge on any atom is -0.507 e. The van der Waals surface area contributed by atoms with E-state index in [9.17, 15) is 19.8 Å². The van der Waals surface area contributed by atoms with E-state index >= 15 is 0 Å². The Bertz CT molecular complexity index is 1280. The number of phenolic OH excluding ortho intramolecular Hbond substituents is 1. The summed E-state index contributed by atoms with van der Waals surface area (Å²) >= 11 is 0. The van der Waals surface area contributed by atoms with Crippen molar-refractivity contribution in [2.24, 2.45) is 0 Å². The lowest BCUT2D eigenvalue weighted by Crippen LogP contribution is -2.29. The molecule has 1 amide bonds. The third kappa shape index (κ3) is 3.79. The van der Waals surface area contributed by atoms with E-state index in [-0.39, 0.29) is 28.3 Å². The second-order valence-corrected chi connectivity index (χ2v) is 7.50. The van der Waals surface area contributed by atoms with Crippen LogP contribution in [0, 0.1) is 0 Å². The normalized spacial score (nSPS) is 17.0. The van der Waals surface area contributed by atoms with Gasteiger partial charge in [-0.05, 0) is 48.0 Å². The van der Waals surface area contributed by atoms with Crippen LogP contribution in [0.5, 0.6) is 23.0 Å². The van der Waals surface area contributed by atoms with Crippen molar-refractivity contribution in [1.29, 1.82) is 0 Å². The summed E-state index contributed by atoms with van der Waals surface area (Å²) in [6.07, 6.45) is 0. The molecule has 8 heteroatoms. The molecule has 8 nitrogen and oxygen atoms in total. The average Bonchev–Trinajstić information content (AvgIpc) is 3.13. The number of amides is 1. The van der Waals surface area contributed by atoms with Crippen LogP contribution >= 0.6 is 0 Å². The minimum atomic E-state index is -0.993. The first-order valence-electron chi connectivity index (χ1n) is 10.4. The summed E-state index contributed by atoms with van der Waals surface area (Å²) in [5.74, 6) is -0.918. The van der Waals surface area contributed by atoms with Gasteiger partial charge in [-0.25, -0.2) is 0 Å². The molecule has 3 aromatic rings. The van der Waals surface area contributed by atoms with E-state index in [2.05, 4.69) is 0 Å². The van der Waals surface area contributed by atoms with E-state index in [1.165, 1.54) is 44.4 Å². The summed E-state index contributed by atoms with van der Waals surface area (Å²) in [7, 11) is 4.47. The second kappa shape index (κ2) is 9.19. The highest BCUT2D eigenvalue weighted by Gasteiger charge is 2.47. The molecular formula is C26H23NO7. The van der Waals surface area contributed by atoms with Crippen molar-refractivity contribution in [3.05, 3.63) is 83.4 Å². The van der Waals surface area contributed by atoms with Crippen LogP contribution in [0.2, 0.25) is 0 Å². The summed E-state index contributed by atoms with van der Waals surface area (Å²) in [4.78, 5) is 27.6. The van der Waals surface area contributed by atoms with Crippen LogP contribution in [0.3, 0.4) is 0 Å². The number of aromatic hydroxyl groups is 1. The van der Waals surface area contributed by atoms with Gasteiger partial charge in [0.25, 0.3) is 11.7 Å². The number of nitrogens with zero attached hydrogens (tertiary/aromatic N) is 1. The molecule has 2 N–H and O–H groups in total. The van der Waals surface area contributed by atoms with Gasteiger partial charge < -0.3 is 24.4 Å². The monoisotopic (exact) mass is 461 g/mol. The van der Waals surface area contributed by atoms with E-state index in [1.807, 2.05) is 0 Å². The first kappa shape index (κ1) is 22.7. The van der Waals surface area contributed by atoms with Crippen LogP contribution in [0.4, 0.5) is 5.69 Å². The zero-order valence-corrected chi connectivity index (χ0v) is 18.8. The molecule has 1 heterocycles. The number of phenols is 1. The highest BCUT2D eigenvalue weighted by atomic mass is 16.5. The number of para-hydroxylation sites is 2. The topological polar surface area (TPSA) is 106 Å². The standard InChI is InChI=1S/C26H23NO7/c1-32-17-11-8-15(9-12-17)23-22(24(29)16-10-13-20(33-2)21(14-16)34-3)25(30)26(31)27(23)18-6-4-5-7-19(18)28/h4-14,23,28-29H,1-3H3/b24-22-. The van der Waals surface area contributed by atoms with Crippen molar-refractivity contribution in [3.63, 3.8) is 0 Å². The third-order valence-corrected chi connectivity index (χ3v) is 5.67. The maximum atomic E-state index is 13.2. The first-order chi connectivity index (χ1) is 16.4. The van der Waals surface area contributed by atoms with Crippen molar-refractivity contribution in [2.75, 3.05) is 26.2 Å². The number of ether oxygens (including phenoxy) is 3. The lowest BCUT2D eigenvalue weighted by molar-refractivity contribution is -0.132. The van der Waals surface area contributed by atoms with Crippen molar-refractivity contribution >= 4 is 23.1 Å². The summed E-state index contributed by atoms with van der Waals surface area (Å²) in [5.41, 5.74) is 0.846. The lowest BCUT2D eigenvalue weighted by Gasteiger charge is -2.26. The number of benzene rings is 3. The van der Waals surface area contributed by atoms with Gasteiger partial charge in [0.05, 0.1) is 38.6 Å². The zero-order valence-electron chi connectivity index (χ0n) is 18.8. The maximum Gasteiger partial charge on any atom is 0.300 e. The number of methoxy groups -OCH3 is 3. The number of ketones is 1. The lowest BCUT2D eigenvalue weighted by atomic mass is 9.95. The summed E-state index contributed by atoms with van der Waals surface area (Å²) in [6, 6.07) is 16.7. The molecule has 3 aromatic carbocycles. The Morgan fingerprint density at radius 1 is 0.853 bits per heavy atom. The molecule has 1 fully saturated rings. The number of aliphatic hydroxyl groups is 1. The van der Waals surface area contributed by atoms with Gasteiger partial charge in [0.2, 0.25) is 0 Å². The van der Waals surface area contributed by atoms with E-state index < -0.39 is 17.7 Å². The highest BCUT2D eigenvalue weighted by molar-refractivity contribution is 6.51. The van der Waals surface area contributed by atoms with Crippen LogP contribution in [-0.2, 0) is 9.59 Å². The van der Waals surface area contributed by atoms with Gasteiger partial charge in [-0.15, -0.1) is 0 Å². The predicted molar refractivity (Wildman–Crippen MR) is 125 cm³/mol. The van der Waals surface area contributed by atoms with Gasteiger partial charge in [0.15, 0.2) is 11.5 Å². The fraction of sp³-hybridized carbons (Fsp3) is 0.154. The van der Waals surface area contributed by atoms with Crippen molar-refractivity contribution in [2.45, 2.75) is 6.04 Å². The van der Waals surface area contributed by atoms with E-state index in [4.69, 9.17) is 14.2 Å². The molecule has 0 aromatic heterocycles. The number of Topliss-reactive ketones (excluding diaryl/α,β-unsaturated/α-hetero) is 1. The Hall–Kier alpha value is -4.46. The molecule has 0 bridgehead atoms. The van der Waals surface area contributed by atoms with Crippen LogP contribution in [0.15, 0.2) is 72.3 Å². The fourth-order valence-corrected chi connectivity index (χ4v) is 3.99. The Labute approximate surface area is 196 Å². The molecule has 1 unspecified atom stereocenters. The molecule has 174 valence electrons. The molecule has 0 spiro atoms. The molecule has 4 rings (SSSR count). The van der Waals surface area contributed by atoms with Crippen LogP contribution in [0.25, 0.3) is 5.76 Å². The van der Waals surface area contributed by atoms with E-state index in [1.54, 1.807) is 48.5 Å². The van der Waals surface area contributed by atoms with Crippen molar-refractivity contribution in [1.82, 2.24) is 0 Å². The zero-order chi connectivity index (χ0) is 24.4. The van der Waals surface area contributed by atoms with Crippen LogP contribution in [0.1, 0.15) is 17.2 Å². The van der Waals surface area contributed by atoms with Crippen LogP contribution in [-0.4, -0.2) is 43.2 Å². The molecule has 34 heavy (non-hydrogen) atoms. The number of carbonyl (C=O) groups excluding carboxylic acids is 2. The Morgan fingerprint density at radius 3 is 2.15 bits per heavy atom. The van der Waals surface area contributed by atoms with Gasteiger partial charge in [0.1, 0.15) is 17.3 Å². The number of rotatable bonds is 6. The number of aliphatic hydroxyl groups excluding tert-OH is 1.